The van der Waals surface area contributed by atoms with E-state index in [-0.39, 0.29) is 12.1 Å². The third-order valence-electron chi connectivity index (χ3n) is 2.08. The van der Waals surface area contributed by atoms with Crippen molar-refractivity contribution in [2.24, 2.45) is 0 Å². The summed E-state index contributed by atoms with van der Waals surface area (Å²) in [6.45, 7) is 0.508. The molecule has 5 heteroatoms. The summed E-state index contributed by atoms with van der Waals surface area (Å²) in [7, 11) is 0. The molecule has 1 aromatic rings. The minimum atomic E-state index is -0.816. The molecule has 2 N–H and O–H groups in total. The van der Waals surface area contributed by atoms with Gasteiger partial charge in [0.15, 0.2) is 0 Å². The van der Waals surface area contributed by atoms with Gasteiger partial charge in [-0.3, -0.25) is 4.79 Å². The second-order valence-electron chi connectivity index (χ2n) is 3.37. The monoisotopic (exact) mass is 245 g/mol. The number of rotatable bonds is 6. The molecule has 0 atom stereocenters. The van der Waals surface area contributed by atoms with Crippen LogP contribution in [-0.4, -0.2) is 17.6 Å². The molecule has 0 aliphatic heterocycles. The number of benzene rings is 1. The van der Waals surface area contributed by atoms with E-state index in [9.17, 15) is 9.18 Å². The lowest BCUT2D eigenvalue weighted by Gasteiger charge is -2.08. The Bertz CT molecular complexity index is 351. The van der Waals surface area contributed by atoms with E-state index in [0.717, 1.165) is 0 Å². The van der Waals surface area contributed by atoms with Gasteiger partial charge in [0.25, 0.3) is 0 Å². The molecule has 16 heavy (non-hydrogen) atoms. The number of para-hydroxylation sites is 1. The summed E-state index contributed by atoms with van der Waals surface area (Å²) in [6, 6.07) is 4.46. The van der Waals surface area contributed by atoms with Crippen LogP contribution in [0.3, 0.4) is 0 Å². The van der Waals surface area contributed by atoms with Crippen LogP contribution in [0.2, 0.25) is 5.02 Å². The zero-order valence-corrected chi connectivity index (χ0v) is 9.43. The Hall–Kier alpha value is -1.29. The van der Waals surface area contributed by atoms with Crippen molar-refractivity contribution in [2.45, 2.75) is 19.3 Å². The number of hydrogen-bond donors (Lipinski definition) is 2. The predicted octanol–water partition coefficient (Wildman–Crippen LogP) is 3.15. The first kappa shape index (κ1) is 12.8. The number of halogens is 2. The molecule has 0 bridgehead atoms. The molecule has 3 nitrogen and oxygen atoms in total. The van der Waals surface area contributed by atoms with Gasteiger partial charge in [-0.25, -0.2) is 4.39 Å². The molecule has 0 radical (unpaired) electrons. The average molecular weight is 246 g/mol. The fraction of sp³-hybridized carbons (Fsp3) is 0.364. The Morgan fingerprint density at radius 2 is 2.19 bits per heavy atom. The minimum Gasteiger partial charge on any atom is -0.481 e. The van der Waals surface area contributed by atoms with Gasteiger partial charge in [0.05, 0.1) is 10.7 Å². The van der Waals surface area contributed by atoms with Crippen LogP contribution in [0, 0.1) is 5.82 Å². The van der Waals surface area contributed by atoms with Gasteiger partial charge in [-0.15, -0.1) is 0 Å². The Morgan fingerprint density at radius 3 is 2.81 bits per heavy atom. The van der Waals surface area contributed by atoms with Crippen molar-refractivity contribution >= 4 is 23.3 Å². The summed E-state index contributed by atoms with van der Waals surface area (Å²) in [5, 5.41) is 11.6. The fourth-order valence-electron chi connectivity index (χ4n) is 1.28. The molecular formula is C11H13ClFNO2. The molecule has 0 aliphatic carbocycles. The summed E-state index contributed by atoms with van der Waals surface area (Å²) in [6.07, 6.45) is 1.36. The fourth-order valence-corrected chi connectivity index (χ4v) is 1.51. The number of unbranched alkanes of at least 4 members (excludes halogenated alkanes) is 1. The lowest BCUT2D eigenvalue weighted by molar-refractivity contribution is -0.137. The number of hydrogen-bond acceptors (Lipinski definition) is 2. The molecular weight excluding hydrogens is 233 g/mol. The molecule has 0 saturated carbocycles. The number of nitrogens with one attached hydrogen (secondary N) is 1. The van der Waals surface area contributed by atoms with E-state index in [0.29, 0.717) is 24.4 Å². The van der Waals surface area contributed by atoms with Gasteiger partial charge in [-0.1, -0.05) is 17.7 Å². The molecule has 0 spiro atoms. The highest BCUT2D eigenvalue weighted by atomic mass is 35.5. The first-order chi connectivity index (χ1) is 7.61. The lowest BCUT2D eigenvalue weighted by Crippen LogP contribution is -2.05. The van der Waals surface area contributed by atoms with E-state index in [1.165, 1.54) is 12.1 Å². The molecule has 88 valence electrons. The smallest absolute Gasteiger partial charge is 0.303 e. The second-order valence-corrected chi connectivity index (χ2v) is 3.78. The summed E-state index contributed by atoms with van der Waals surface area (Å²) in [5.74, 6) is -1.21. The van der Waals surface area contributed by atoms with Crippen LogP contribution in [-0.2, 0) is 4.79 Å². The maximum atomic E-state index is 13.2. The van der Waals surface area contributed by atoms with Crippen LogP contribution in [0.15, 0.2) is 18.2 Å². The minimum absolute atomic E-state index is 0.132. The van der Waals surface area contributed by atoms with Gasteiger partial charge in [0.1, 0.15) is 5.82 Å². The van der Waals surface area contributed by atoms with Crippen LogP contribution in [0.5, 0.6) is 0 Å². The molecule has 0 saturated heterocycles. The Balaban J connectivity index is 2.34. The highest BCUT2D eigenvalue weighted by Gasteiger charge is 2.05. The summed E-state index contributed by atoms with van der Waals surface area (Å²) in [5.41, 5.74) is 0.277. The van der Waals surface area contributed by atoms with Gasteiger partial charge < -0.3 is 10.4 Å². The highest BCUT2D eigenvalue weighted by molar-refractivity contribution is 6.33. The van der Waals surface area contributed by atoms with Crippen molar-refractivity contribution in [2.75, 3.05) is 11.9 Å². The third-order valence-corrected chi connectivity index (χ3v) is 2.40. The van der Waals surface area contributed by atoms with Gasteiger partial charge in [-0.2, -0.15) is 0 Å². The van der Waals surface area contributed by atoms with Crippen LogP contribution in [0.1, 0.15) is 19.3 Å². The van der Waals surface area contributed by atoms with E-state index in [1.54, 1.807) is 6.07 Å². The SMILES string of the molecule is O=C(O)CCCCNc1c(F)cccc1Cl. The number of carboxylic acids is 1. The van der Waals surface area contributed by atoms with Crippen molar-refractivity contribution in [3.8, 4) is 0 Å². The number of carbonyl (C=O) groups is 1. The maximum absolute atomic E-state index is 13.2. The molecule has 0 amide bonds. The topological polar surface area (TPSA) is 49.3 Å². The Labute approximate surface area is 98.2 Å². The first-order valence-electron chi connectivity index (χ1n) is 5.01. The van der Waals surface area contributed by atoms with Gasteiger partial charge in [-0.05, 0) is 25.0 Å². The van der Waals surface area contributed by atoms with E-state index < -0.39 is 11.8 Å². The number of aliphatic carboxylic acids is 1. The van der Waals surface area contributed by atoms with E-state index in [4.69, 9.17) is 16.7 Å². The van der Waals surface area contributed by atoms with Crippen LogP contribution in [0.25, 0.3) is 0 Å². The van der Waals surface area contributed by atoms with Crippen LogP contribution < -0.4 is 5.32 Å². The molecule has 0 fully saturated rings. The van der Waals surface area contributed by atoms with Crippen molar-refractivity contribution in [1.29, 1.82) is 0 Å². The van der Waals surface area contributed by atoms with Crippen molar-refractivity contribution in [3.63, 3.8) is 0 Å². The van der Waals surface area contributed by atoms with Crippen molar-refractivity contribution < 1.29 is 14.3 Å². The number of anilines is 1. The number of carboxylic acid groups (broad SMARTS) is 1. The second kappa shape index (κ2) is 6.33. The summed E-state index contributed by atoms with van der Waals surface area (Å²) < 4.78 is 13.2. The molecule has 1 aromatic carbocycles. The lowest BCUT2D eigenvalue weighted by atomic mass is 10.2. The molecule has 0 aliphatic rings. The third kappa shape index (κ3) is 4.06. The average Bonchev–Trinajstić information content (AvgIpc) is 2.21. The molecule has 0 aromatic heterocycles. The maximum Gasteiger partial charge on any atom is 0.303 e. The highest BCUT2D eigenvalue weighted by Crippen LogP contribution is 2.24. The van der Waals surface area contributed by atoms with Crippen molar-refractivity contribution in [1.82, 2.24) is 0 Å². The Morgan fingerprint density at radius 1 is 1.44 bits per heavy atom. The summed E-state index contributed by atoms with van der Waals surface area (Å²) >= 11 is 5.80. The molecule has 0 heterocycles. The van der Waals surface area contributed by atoms with Crippen LogP contribution in [0.4, 0.5) is 10.1 Å². The first-order valence-corrected chi connectivity index (χ1v) is 5.38. The quantitative estimate of drug-likeness (QED) is 0.757. The molecule has 0 unspecified atom stereocenters. The van der Waals surface area contributed by atoms with E-state index >= 15 is 0 Å². The van der Waals surface area contributed by atoms with Gasteiger partial charge in [0.2, 0.25) is 0 Å². The van der Waals surface area contributed by atoms with E-state index in [1.807, 2.05) is 0 Å². The van der Waals surface area contributed by atoms with Crippen LogP contribution >= 0.6 is 11.6 Å². The summed E-state index contributed by atoms with van der Waals surface area (Å²) in [4.78, 5) is 10.2. The largest absolute Gasteiger partial charge is 0.481 e. The van der Waals surface area contributed by atoms with Gasteiger partial charge in [0, 0.05) is 13.0 Å². The van der Waals surface area contributed by atoms with E-state index in [2.05, 4.69) is 5.32 Å². The molecule has 1 rings (SSSR count). The van der Waals surface area contributed by atoms with Crippen molar-refractivity contribution in [3.05, 3.63) is 29.0 Å². The Kier molecular flexibility index (Phi) is 5.05. The van der Waals surface area contributed by atoms with Gasteiger partial charge >= 0.3 is 5.97 Å². The normalized spacial score (nSPS) is 10.1. The zero-order valence-electron chi connectivity index (χ0n) is 8.67. The predicted molar refractivity (Wildman–Crippen MR) is 61.4 cm³/mol. The standard InChI is InChI=1S/C11H13ClFNO2/c12-8-4-3-5-9(13)11(8)14-7-2-1-6-10(15)16/h3-5,14H,1-2,6-7H2,(H,15,16). The zero-order chi connectivity index (χ0) is 12.0.